The highest BCUT2D eigenvalue weighted by Crippen LogP contribution is 2.34. The Hall–Kier alpha value is -5.02. The molecule has 2 aromatic carbocycles. The summed E-state index contributed by atoms with van der Waals surface area (Å²) in [5, 5.41) is 24.8. The Balaban J connectivity index is 1.78. The van der Waals surface area contributed by atoms with Gasteiger partial charge in [0.05, 0.1) is 36.5 Å². The fourth-order valence-corrected chi connectivity index (χ4v) is 3.61. The van der Waals surface area contributed by atoms with Crippen LogP contribution in [-0.2, 0) is 29.3 Å². The van der Waals surface area contributed by atoms with Gasteiger partial charge >= 0.3 is 0 Å². The number of nitriles is 1. The van der Waals surface area contributed by atoms with Gasteiger partial charge in [0.1, 0.15) is 24.8 Å². The van der Waals surface area contributed by atoms with E-state index in [-0.39, 0.29) is 41.5 Å². The predicted octanol–water partition coefficient (Wildman–Crippen LogP) is 2.82. The molecule has 0 aliphatic carbocycles. The number of benzene rings is 2. The number of aryl methyl sites for hydroxylation is 1. The number of rotatable bonds is 11. The van der Waals surface area contributed by atoms with E-state index in [0.29, 0.717) is 11.3 Å². The first-order valence-electron chi connectivity index (χ1n) is 11.3. The van der Waals surface area contributed by atoms with Crippen molar-refractivity contribution in [2.45, 2.75) is 26.7 Å². The second-order valence-corrected chi connectivity index (χ2v) is 8.01. The molecule has 0 fully saturated rings. The maximum absolute atomic E-state index is 12.7. The van der Waals surface area contributed by atoms with Gasteiger partial charge in [-0.1, -0.05) is 30.3 Å². The number of carbonyl (C=O) groups is 1. The number of nitro groups is 1. The quantitative estimate of drug-likeness (QED) is 0.230. The number of nitro benzene ring substituents is 1. The molecule has 0 saturated carbocycles. The van der Waals surface area contributed by atoms with Gasteiger partial charge in [-0.3, -0.25) is 19.7 Å². The molecule has 1 aromatic heterocycles. The van der Waals surface area contributed by atoms with Gasteiger partial charge in [0.25, 0.3) is 17.2 Å². The highest BCUT2D eigenvalue weighted by Gasteiger charge is 2.19. The number of nitrogens with zero attached hydrogens (tertiary/aromatic N) is 4. The van der Waals surface area contributed by atoms with Crippen molar-refractivity contribution in [3.8, 4) is 17.6 Å². The van der Waals surface area contributed by atoms with Crippen LogP contribution >= 0.6 is 0 Å². The molecular weight excluding hydrogens is 494 g/mol. The third-order valence-corrected chi connectivity index (χ3v) is 5.44. The van der Waals surface area contributed by atoms with Crippen molar-refractivity contribution >= 4 is 17.8 Å². The zero-order chi connectivity index (χ0) is 27.7. The van der Waals surface area contributed by atoms with Crippen LogP contribution in [0, 0.1) is 28.4 Å². The second kappa shape index (κ2) is 12.8. The molecule has 0 aliphatic rings. The van der Waals surface area contributed by atoms with Gasteiger partial charge in [0, 0.05) is 18.4 Å². The van der Waals surface area contributed by atoms with E-state index >= 15 is 0 Å². The number of methoxy groups -OCH3 is 2. The Labute approximate surface area is 217 Å². The summed E-state index contributed by atoms with van der Waals surface area (Å²) in [5.74, 6) is -0.266. The van der Waals surface area contributed by atoms with Gasteiger partial charge < -0.3 is 18.8 Å². The first-order valence-corrected chi connectivity index (χ1v) is 11.3. The second-order valence-electron chi connectivity index (χ2n) is 8.01. The summed E-state index contributed by atoms with van der Waals surface area (Å²) in [6, 6.07) is 15.3. The van der Waals surface area contributed by atoms with Gasteiger partial charge in [0.2, 0.25) is 0 Å². The number of aromatic nitrogens is 1. The SMILES string of the molecule is COCc1cc(C)n(CC(=O)N/N=C\c2cc(OC)c(OCc3ccccc3)cc2[N+](=O)[O-])c(=O)c1C#N. The minimum Gasteiger partial charge on any atom is -0.493 e. The van der Waals surface area contributed by atoms with Crippen LogP contribution in [0.2, 0.25) is 0 Å². The van der Waals surface area contributed by atoms with E-state index in [2.05, 4.69) is 10.5 Å². The molecule has 3 rings (SSSR count). The largest absolute Gasteiger partial charge is 0.493 e. The zero-order valence-electron chi connectivity index (χ0n) is 21.0. The summed E-state index contributed by atoms with van der Waals surface area (Å²) < 4.78 is 17.2. The summed E-state index contributed by atoms with van der Waals surface area (Å²) in [7, 11) is 2.84. The zero-order valence-corrected chi connectivity index (χ0v) is 21.0. The van der Waals surface area contributed by atoms with Crippen LogP contribution in [0.15, 0.2) is 58.4 Å². The first kappa shape index (κ1) is 27.6. The standard InChI is InChI=1S/C26H25N5O7/c1-17-9-20(16-36-2)21(12-27)26(33)30(17)14-25(32)29-28-13-19-10-23(37-3)24(11-22(19)31(34)35)38-15-18-7-5-4-6-8-18/h4-11,13H,14-16H2,1-3H3,(H,29,32)/b28-13-. The molecule has 12 nitrogen and oxygen atoms in total. The summed E-state index contributed by atoms with van der Waals surface area (Å²) in [6.45, 7) is 1.46. The maximum Gasteiger partial charge on any atom is 0.282 e. The molecular formula is C26H25N5O7. The number of amides is 1. The van der Waals surface area contributed by atoms with Crippen molar-refractivity contribution in [2.75, 3.05) is 14.2 Å². The summed E-state index contributed by atoms with van der Waals surface area (Å²) in [4.78, 5) is 36.2. The number of hydrogen-bond donors (Lipinski definition) is 1. The number of hydrazone groups is 1. The van der Waals surface area contributed by atoms with E-state index in [9.17, 15) is 25.0 Å². The third-order valence-electron chi connectivity index (χ3n) is 5.44. The number of pyridine rings is 1. The summed E-state index contributed by atoms with van der Waals surface area (Å²) in [5.41, 5.74) is 2.98. The lowest BCUT2D eigenvalue weighted by Gasteiger charge is -2.12. The van der Waals surface area contributed by atoms with E-state index in [0.717, 1.165) is 16.3 Å². The van der Waals surface area contributed by atoms with Crippen molar-refractivity contribution in [1.82, 2.24) is 9.99 Å². The fraction of sp³-hybridized carbons (Fsp3) is 0.231. The smallest absolute Gasteiger partial charge is 0.282 e. The highest BCUT2D eigenvalue weighted by atomic mass is 16.6. The minimum atomic E-state index is -0.674. The van der Waals surface area contributed by atoms with Crippen molar-refractivity contribution in [2.24, 2.45) is 5.10 Å². The molecule has 0 aliphatic heterocycles. The van der Waals surface area contributed by atoms with Gasteiger partial charge in [-0.25, -0.2) is 5.43 Å². The van der Waals surface area contributed by atoms with Gasteiger partial charge in [0.15, 0.2) is 11.5 Å². The highest BCUT2D eigenvalue weighted by molar-refractivity contribution is 5.88. The van der Waals surface area contributed by atoms with Crippen molar-refractivity contribution in [3.05, 3.63) is 96.9 Å². The van der Waals surface area contributed by atoms with Crippen LogP contribution in [0.3, 0.4) is 0 Å². The van der Waals surface area contributed by atoms with Crippen molar-refractivity contribution in [3.63, 3.8) is 0 Å². The molecule has 1 N–H and O–H groups in total. The average molecular weight is 520 g/mol. The number of hydrogen-bond acceptors (Lipinski definition) is 9. The Morgan fingerprint density at radius 2 is 1.92 bits per heavy atom. The normalized spacial score (nSPS) is 10.7. The van der Waals surface area contributed by atoms with Crippen LogP contribution in [0.1, 0.15) is 27.9 Å². The lowest BCUT2D eigenvalue weighted by molar-refractivity contribution is -0.385. The summed E-state index contributed by atoms with van der Waals surface area (Å²) in [6.07, 6.45) is 1.09. The molecule has 0 atom stereocenters. The summed E-state index contributed by atoms with van der Waals surface area (Å²) >= 11 is 0. The topological polar surface area (TPSA) is 158 Å². The molecule has 38 heavy (non-hydrogen) atoms. The van der Waals surface area contributed by atoms with E-state index in [1.807, 2.05) is 36.4 Å². The Kier molecular flexibility index (Phi) is 9.28. The Bertz CT molecular complexity index is 1460. The maximum atomic E-state index is 12.7. The van der Waals surface area contributed by atoms with Gasteiger partial charge in [-0.15, -0.1) is 0 Å². The van der Waals surface area contributed by atoms with Crippen LogP contribution in [-0.4, -0.2) is 35.8 Å². The molecule has 0 spiro atoms. The Morgan fingerprint density at radius 1 is 1.18 bits per heavy atom. The molecule has 1 heterocycles. The monoisotopic (exact) mass is 519 g/mol. The van der Waals surface area contributed by atoms with Crippen molar-refractivity contribution in [1.29, 1.82) is 5.26 Å². The van der Waals surface area contributed by atoms with E-state index in [1.165, 1.54) is 26.4 Å². The fourth-order valence-electron chi connectivity index (χ4n) is 3.61. The third kappa shape index (κ3) is 6.59. The van der Waals surface area contributed by atoms with Gasteiger partial charge in [-0.05, 0) is 24.6 Å². The van der Waals surface area contributed by atoms with E-state index in [1.54, 1.807) is 13.0 Å². The molecule has 1 amide bonds. The predicted molar refractivity (Wildman–Crippen MR) is 137 cm³/mol. The molecule has 0 bridgehead atoms. The molecule has 0 saturated heterocycles. The van der Waals surface area contributed by atoms with Crippen LogP contribution in [0.5, 0.6) is 11.5 Å². The molecule has 3 aromatic rings. The first-order chi connectivity index (χ1) is 18.3. The van der Waals surface area contributed by atoms with Crippen LogP contribution < -0.4 is 20.5 Å². The van der Waals surface area contributed by atoms with Crippen LogP contribution in [0.4, 0.5) is 5.69 Å². The molecule has 12 heteroatoms. The van der Waals surface area contributed by atoms with Crippen LogP contribution in [0.25, 0.3) is 0 Å². The van der Waals surface area contributed by atoms with Crippen molar-refractivity contribution < 1.29 is 23.9 Å². The van der Waals surface area contributed by atoms with E-state index < -0.39 is 22.9 Å². The molecule has 0 unspecified atom stereocenters. The minimum absolute atomic E-state index is 0.0586. The van der Waals surface area contributed by atoms with Gasteiger partial charge in [-0.2, -0.15) is 10.4 Å². The number of carbonyl (C=O) groups excluding carboxylic acids is 1. The molecule has 196 valence electrons. The Morgan fingerprint density at radius 3 is 2.55 bits per heavy atom. The lowest BCUT2D eigenvalue weighted by Crippen LogP contribution is -2.33. The number of nitrogens with one attached hydrogen (secondary N) is 1. The lowest BCUT2D eigenvalue weighted by atomic mass is 10.1. The molecule has 0 radical (unpaired) electrons. The number of ether oxygens (including phenoxy) is 3. The average Bonchev–Trinajstić information content (AvgIpc) is 2.90. The van der Waals surface area contributed by atoms with E-state index in [4.69, 9.17) is 14.2 Å².